The first-order valence-corrected chi connectivity index (χ1v) is 15.9. The molecule has 56 heavy (non-hydrogen) atoms. The largest absolute Gasteiger partial charge is 0.472 e. The van der Waals surface area contributed by atoms with Crippen LogP contribution in [0.5, 0.6) is 0 Å². The van der Waals surface area contributed by atoms with Gasteiger partial charge in [0, 0.05) is 41.1 Å². The molecule has 4 heterocycles. The third kappa shape index (κ3) is 13.9. The predicted octanol–water partition coefficient (Wildman–Crippen LogP) is 5.91. The molecule has 15 heteroatoms. The molecular formula is C41H40FN9O5. The van der Waals surface area contributed by atoms with Gasteiger partial charge in [-0.15, -0.1) is 12.8 Å². The standard InChI is InChI=1S/C20H16N4O2.C16H15N5O.C3H2O2.CH3F.CH4/c1-3-19(25)9-15-11-22-24(13-15)18-6-4-5-16(10-18)20(26)23-17-8-7-14(2)21-12-17;1-11-5-6-14(9-18-11)20-16(22)12-3-2-4-15(7-12)21-10-13(17)8-19-21;1-2-3(4)5;1-2;/h1,4-8,10-13H,9H2,2H3,(H,23,26);2-10H,17H2,1H3,(H,20,22);1H,(H,4,5);1H3;1H4/i;;;1D;. The van der Waals surface area contributed by atoms with Crippen molar-refractivity contribution in [3.05, 3.63) is 138 Å². The van der Waals surface area contributed by atoms with Crippen molar-refractivity contribution in [2.45, 2.75) is 27.7 Å². The van der Waals surface area contributed by atoms with Gasteiger partial charge in [-0.1, -0.05) is 19.6 Å². The van der Waals surface area contributed by atoms with Crippen LogP contribution < -0.4 is 16.4 Å². The maximum atomic E-state index is 12.4. The van der Waals surface area contributed by atoms with E-state index in [1.54, 1.807) is 89.0 Å². The summed E-state index contributed by atoms with van der Waals surface area (Å²) >= 11 is 0. The number of carbonyl (C=O) groups excluding carboxylic acids is 3. The monoisotopic (exact) mass is 758 g/mol. The van der Waals surface area contributed by atoms with Gasteiger partial charge < -0.3 is 21.5 Å². The number of halogens is 1. The van der Waals surface area contributed by atoms with Crippen LogP contribution in [0.3, 0.4) is 0 Å². The van der Waals surface area contributed by atoms with Crippen molar-refractivity contribution in [3.8, 4) is 36.1 Å². The molecule has 0 aliphatic rings. The Morgan fingerprint density at radius 1 is 0.786 bits per heavy atom. The smallest absolute Gasteiger partial charge is 0.381 e. The van der Waals surface area contributed by atoms with Crippen molar-refractivity contribution >= 4 is 40.6 Å². The van der Waals surface area contributed by atoms with Crippen molar-refractivity contribution in [1.82, 2.24) is 29.5 Å². The first-order valence-electron chi connectivity index (χ1n) is 16.6. The first-order chi connectivity index (χ1) is 26.8. The summed E-state index contributed by atoms with van der Waals surface area (Å²) in [4.78, 5) is 53.5. The number of carbonyl (C=O) groups is 4. The highest BCUT2D eigenvalue weighted by Gasteiger charge is 2.11. The minimum Gasteiger partial charge on any atom is -0.472 e. The van der Waals surface area contributed by atoms with E-state index < -0.39 is 13.1 Å². The lowest BCUT2D eigenvalue weighted by molar-refractivity contribution is -0.130. The third-order valence-corrected chi connectivity index (χ3v) is 6.97. The number of ketones is 1. The zero-order chi connectivity index (χ0) is 41.0. The molecule has 0 fully saturated rings. The van der Waals surface area contributed by atoms with E-state index in [0.717, 1.165) is 17.1 Å². The van der Waals surface area contributed by atoms with Crippen LogP contribution in [0.15, 0.2) is 110 Å². The minimum atomic E-state index is -1.22. The average Bonchev–Trinajstić information content (AvgIpc) is 3.86. The van der Waals surface area contributed by atoms with Crippen LogP contribution in [-0.2, 0) is 16.0 Å². The van der Waals surface area contributed by atoms with Crippen LogP contribution in [0, 0.1) is 38.5 Å². The van der Waals surface area contributed by atoms with Gasteiger partial charge in [-0.25, -0.2) is 14.2 Å². The molecule has 0 atom stereocenters. The third-order valence-electron chi connectivity index (χ3n) is 6.97. The maximum Gasteiger partial charge on any atom is 0.381 e. The highest BCUT2D eigenvalue weighted by molar-refractivity contribution is 6.05. The summed E-state index contributed by atoms with van der Waals surface area (Å²) in [5.74, 6) is 1.56. The van der Waals surface area contributed by atoms with E-state index in [2.05, 4.69) is 43.1 Å². The molecule has 0 unspecified atom stereocenters. The van der Waals surface area contributed by atoms with Crippen molar-refractivity contribution in [1.29, 1.82) is 0 Å². The lowest BCUT2D eigenvalue weighted by atomic mass is 10.1. The van der Waals surface area contributed by atoms with E-state index in [1.807, 2.05) is 44.2 Å². The van der Waals surface area contributed by atoms with E-state index in [-0.39, 0.29) is 31.4 Å². The molecule has 0 radical (unpaired) electrons. The number of hydrogen-bond acceptors (Lipinski definition) is 9. The quantitative estimate of drug-likeness (QED) is 0.107. The molecule has 6 aromatic rings. The number of alkyl halides is 1. The van der Waals surface area contributed by atoms with Gasteiger partial charge in [0.25, 0.3) is 11.8 Å². The molecule has 14 nitrogen and oxygen atoms in total. The molecule has 0 saturated carbocycles. The lowest BCUT2D eigenvalue weighted by Gasteiger charge is -2.07. The molecule has 0 bridgehead atoms. The molecule has 2 aromatic carbocycles. The van der Waals surface area contributed by atoms with E-state index in [9.17, 15) is 18.8 Å². The maximum absolute atomic E-state index is 12.4. The van der Waals surface area contributed by atoms with Gasteiger partial charge in [-0.2, -0.15) is 10.2 Å². The van der Waals surface area contributed by atoms with Crippen LogP contribution in [0.4, 0.5) is 21.5 Å². The number of terminal acetylenes is 2. The average molecular weight is 759 g/mol. The number of nitrogens with one attached hydrogen (secondary N) is 2. The van der Waals surface area contributed by atoms with Crippen molar-refractivity contribution in [3.63, 3.8) is 0 Å². The zero-order valence-corrected chi connectivity index (χ0v) is 29.7. The second kappa shape index (κ2) is 22.2. The number of anilines is 3. The normalized spacial score (nSPS) is 9.62. The molecule has 5 N–H and O–H groups in total. The Hall–Kier alpha value is -7.91. The van der Waals surface area contributed by atoms with Gasteiger partial charge in [0.2, 0.25) is 5.78 Å². The van der Waals surface area contributed by atoms with Gasteiger partial charge in [0.05, 0.1) is 67.9 Å². The lowest BCUT2D eigenvalue weighted by Crippen LogP contribution is -2.12. The van der Waals surface area contributed by atoms with Crippen LogP contribution in [0.25, 0.3) is 11.4 Å². The number of pyridine rings is 2. The van der Waals surface area contributed by atoms with Crippen molar-refractivity contribution in [2.24, 2.45) is 0 Å². The molecule has 6 rings (SSSR count). The molecule has 2 amide bonds. The molecule has 0 spiro atoms. The number of Topliss-reactive ketones (excluding diaryl/α,β-unsaturated/α-hetero) is 1. The molecule has 0 saturated heterocycles. The van der Waals surface area contributed by atoms with E-state index in [1.165, 1.54) is 5.92 Å². The second-order valence-electron chi connectivity index (χ2n) is 11.1. The number of benzene rings is 2. The molecule has 0 aliphatic carbocycles. The van der Waals surface area contributed by atoms with E-state index >= 15 is 0 Å². The SMILES string of the molecule is C.C#CC(=O)Cc1cnn(-c2cccc(C(=O)Nc3ccc(C)nc3)c2)c1.C#CC(=O)O.Cc1ccc(NC(=O)c2cccc(-n3cc(N)cn3)c2)cn1.[2H]CF. The van der Waals surface area contributed by atoms with Crippen molar-refractivity contribution < 1.29 is 30.0 Å². The number of hydrogen-bond donors (Lipinski definition) is 4. The summed E-state index contributed by atoms with van der Waals surface area (Å²) in [6.07, 6.45) is 19.3. The number of carboxylic acids is 1. The highest BCUT2D eigenvalue weighted by atomic mass is 19.1. The summed E-state index contributed by atoms with van der Waals surface area (Å²) in [7, 11) is -1.00. The summed E-state index contributed by atoms with van der Waals surface area (Å²) in [5, 5.41) is 21.5. The summed E-state index contributed by atoms with van der Waals surface area (Å²) in [6, 6.07) is 21.5. The number of nitrogens with zero attached hydrogens (tertiary/aromatic N) is 6. The Morgan fingerprint density at radius 3 is 1.64 bits per heavy atom. The highest BCUT2D eigenvalue weighted by Crippen LogP contribution is 2.16. The second-order valence-corrected chi connectivity index (χ2v) is 11.1. The van der Waals surface area contributed by atoms with Crippen molar-refractivity contribution in [2.75, 3.05) is 23.5 Å². The number of aryl methyl sites for hydroxylation is 2. The Kier molecular flexibility index (Phi) is 16.9. The summed E-state index contributed by atoms with van der Waals surface area (Å²) in [6.45, 7) is 3.77. The topological polar surface area (TPSA) is 200 Å². The number of nitrogen functional groups attached to an aromatic ring is 1. The van der Waals surface area contributed by atoms with E-state index in [4.69, 9.17) is 23.4 Å². The number of rotatable bonds is 8. The summed E-state index contributed by atoms with van der Waals surface area (Å²) in [5.41, 5.74) is 12.5. The first kappa shape index (κ1) is 42.5. The van der Waals surface area contributed by atoms with Crippen LogP contribution in [0.2, 0.25) is 0 Å². The van der Waals surface area contributed by atoms with Crippen LogP contribution in [-0.4, -0.2) is 65.4 Å². The fourth-order valence-corrected chi connectivity index (χ4v) is 4.38. The Balaban J connectivity index is 0.000000329. The van der Waals surface area contributed by atoms with Gasteiger partial charge in [0.1, 0.15) is 0 Å². The van der Waals surface area contributed by atoms with Gasteiger partial charge in [-0.3, -0.25) is 28.7 Å². The van der Waals surface area contributed by atoms with E-state index in [0.29, 0.717) is 39.4 Å². The molecule has 4 aromatic heterocycles. The fraction of sp³-hybridized carbons (Fsp3) is 0.122. The van der Waals surface area contributed by atoms with Gasteiger partial charge in [0.15, 0.2) is 0 Å². The van der Waals surface area contributed by atoms with Gasteiger partial charge in [-0.05, 0) is 86.0 Å². The fourth-order valence-electron chi connectivity index (χ4n) is 4.38. The number of carboxylic acid groups (broad SMARTS) is 1. The Labute approximate surface area is 325 Å². The molecule has 0 aliphatic heterocycles. The minimum absolute atomic E-state index is 0. The number of aromatic nitrogens is 6. The summed E-state index contributed by atoms with van der Waals surface area (Å²) < 4.78 is 18.7. The number of amides is 2. The molecular weight excluding hydrogens is 718 g/mol. The van der Waals surface area contributed by atoms with Crippen LogP contribution in [0.1, 0.15) is 46.5 Å². The molecule has 286 valence electrons. The number of aliphatic carboxylic acids is 1. The Morgan fingerprint density at radius 2 is 1.25 bits per heavy atom. The Bertz CT molecular complexity index is 2350. The predicted molar refractivity (Wildman–Crippen MR) is 213 cm³/mol. The van der Waals surface area contributed by atoms with Gasteiger partial charge >= 0.3 is 5.97 Å². The zero-order valence-electron chi connectivity index (χ0n) is 30.7. The number of nitrogens with two attached hydrogens (primary N) is 1. The van der Waals surface area contributed by atoms with Crippen LogP contribution >= 0.6 is 0 Å².